The molecule has 0 unspecified atom stereocenters. The Morgan fingerprint density at radius 1 is 1.26 bits per heavy atom. The average molecular weight is 263 g/mol. The van der Waals surface area contributed by atoms with Gasteiger partial charge in [-0.2, -0.15) is 0 Å². The first-order valence-corrected chi connectivity index (χ1v) is 6.50. The average Bonchev–Trinajstić information content (AvgIpc) is 2.28. The Bertz CT molecular complexity index is 426. The van der Waals surface area contributed by atoms with E-state index in [9.17, 15) is 9.59 Å². The number of rotatable bonds is 7. The summed E-state index contributed by atoms with van der Waals surface area (Å²) in [5.74, 6) is -0.161. The molecule has 0 aliphatic carbocycles. The highest BCUT2D eigenvalue weighted by atomic mass is 16.5. The van der Waals surface area contributed by atoms with Crippen molar-refractivity contribution in [2.75, 3.05) is 6.61 Å². The van der Waals surface area contributed by atoms with Crippen molar-refractivity contribution < 1.29 is 14.3 Å². The summed E-state index contributed by atoms with van der Waals surface area (Å²) in [6.07, 6.45) is 2.59. The van der Waals surface area contributed by atoms with Crippen LogP contribution in [0.2, 0.25) is 0 Å². The summed E-state index contributed by atoms with van der Waals surface area (Å²) < 4.78 is 4.92. The largest absolute Gasteiger partial charge is 0.466 e. The van der Waals surface area contributed by atoms with Crippen molar-refractivity contribution in [3.05, 3.63) is 30.1 Å². The number of pyridine rings is 1. The molecule has 0 atom stereocenters. The highest BCUT2D eigenvalue weighted by molar-refractivity contribution is 5.82. The number of esters is 1. The maximum Gasteiger partial charge on any atom is 0.306 e. The fourth-order valence-electron chi connectivity index (χ4n) is 1.97. The Kier molecular flexibility index (Phi) is 5.67. The number of ketones is 1. The van der Waals surface area contributed by atoms with Crippen LogP contribution >= 0.6 is 0 Å². The molecule has 19 heavy (non-hydrogen) atoms. The van der Waals surface area contributed by atoms with Gasteiger partial charge < -0.3 is 4.74 Å². The lowest BCUT2D eigenvalue weighted by molar-refractivity contribution is -0.145. The zero-order valence-electron chi connectivity index (χ0n) is 11.8. The van der Waals surface area contributed by atoms with E-state index in [0.29, 0.717) is 19.4 Å². The van der Waals surface area contributed by atoms with Crippen LogP contribution in [-0.2, 0) is 20.7 Å². The second-order valence-electron chi connectivity index (χ2n) is 5.36. The molecule has 4 heteroatoms. The second-order valence-corrected chi connectivity index (χ2v) is 5.36. The number of nitrogens with zero attached hydrogens (tertiary/aromatic N) is 1. The quantitative estimate of drug-likeness (QED) is 0.709. The molecule has 1 rings (SSSR count). The number of Topliss-reactive ketones (excluding diaryl/α,β-unsaturated/α-hetero) is 1. The third-order valence-corrected chi connectivity index (χ3v) is 2.71. The first kappa shape index (κ1) is 15.3. The Hall–Kier alpha value is -1.71. The highest BCUT2D eigenvalue weighted by Gasteiger charge is 2.26. The van der Waals surface area contributed by atoms with Gasteiger partial charge in [-0.1, -0.05) is 19.9 Å². The van der Waals surface area contributed by atoms with Crippen molar-refractivity contribution in [3.8, 4) is 0 Å². The maximum absolute atomic E-state index is 12.0. The van der Waals surface area contributed by atoms with Gasteiger partial charge in [0, 0.05) is 24.7 Å². The zero-order valence-corrected chi connectivity index (χ0v) is 11.8. The van der Waals surface area contributed by atoms with Crippen molar-refractivity contribution >= 4 is 11.8 Å². The van der Waals surface area contributed by atoms with Gasteiger partial charge in [0.05, 0.1) is 13.0 Å². The van der Waals surface area contributed by atoms with Crippen molar-refractivity contribution in [1.82, 2.24) is 4.98 Å². The normalized spacial score (nSPS) is 11.1. The SMILES string of the molecule is CCOC(=O)CC(C)(C)CC(=O)Cc1ccccn1. The molecule has 0 fully saturated rings. The van der Waals surface area contributed by atoms with Crippen molar-refractivity contribution in [2.24, 2.45) is 5.41 Å². The first-order valence-electron chi connectivity index (χ1n) is 6.50. The zero-order chi connectivity index (χ0) is 14.3. The minimum Gasteiger partial charge on any atom is -0.466 e. The van der Waals surface area contributed by atoms with Gasteiger partial charge in [0.25, 0.3) is 0 Å². The molecule has 0 spiro atoms. The minimum atomic E-state index is -0.377. The number of carbonyl (C=O) groups is 2. The second kappa shape index (κ2) is 7.02. The summed E-state index contributed by atoms with van der Waals surface area (Å²) in [6, 6.07) is 5.51. The molecule has 0 aromatic carbocycles. The van der Waals surface area contributed by atoms with Gasteiger partial charge in [-0.05, 0) is 24.5 Å². The minimum absolute atomic E-state index is 0.0907. The van der Waals surface area contributed by atoms with Gasteiger partial charge in [0.1, 0.15) is 5.78 Å². The molecule has 0 amide bonds. The monoisotopic (exact) mass is 263 g/mol. The van der Waals surface area contributed by atoms with Gasteiger partial charge in [-0.3, -0.25) is 14.6 Å². The Balaban J connectivity index is 2.48. The van der Waals surface area contributed by atoms with Crippen LogP contribution in [0.15, 0.2) is 24.4 Å². The summed E-state index contributed by atoms with van der Waals surface area (Å²) >= 11 is 0. The van der Waals surface area contributed by atoms with Crippen LogP contribution < -0.4 is 0 Å². The summed E-state index contributed by atoms with van der Waals surface area (Å²) in [6.45, 7) is 5.95. The fourth-order valence-corrected chi connectivity index (χ4v) is 1.97. The summed E-state index contributed by atoms with van der Waals surface area (Å²) in [5.41, 5.74) is 0.386. The van der Waals surface area contributed by atoms with E-state index in [-0.39, 0.29) is 23.6 Å². The Morgan fingerprint density at radius 2 is 2.00 bits per heavy atom. The first-order chi connectivity index (χ1) is 8.93. The van der Waals surface area contributed by atoms with Crippen molar-refractivity contribution in [1.29, 1.82) is 0 Å². The molecule has 1 heterocycles. The molecule has 0 saturated carbocycles. The Morgan fingerprint density at radius 3 is 2.58 bits per heavy atom. The molecule has 0 N–H and O–H groups in total. The van der Waals surface area contributed by atoms with Crippen molar-refractivity contribution in [2.45, 2.75) is 40.0 Å². The standard InChI is InChI=1S/C15H21NO3/c1-4-19-14(18)11-15(2,3)10-13(17)9-12-7-5-6-8-16-12/h5-8H,4,9-11H2,1-3H3. The summed E-state index contributed by atoms with van der Waals surface area (Å²) in [5, 5.41) is 0. The molecule has 0 aliphatic rings. The Labute approximate surface area is 114 Å². The van der Waals surface area contributed by atoms with E-state index in [2.05, 4.69) is 4.98 Å². The predicted molar refractivity (Wildman–Crippen MR) is 72.6 cm³/mol. The van der Waals surface area contributed by atoms with Crippen LogP contribution in [0.25, 0.3) is 0 Å². The smallest absolute Gasteiger partial charge is 0.306 e. The van der Waals surface area contributed by atoms with E-state index in [1.165, 1.54) is 0 Å². The lowest BCUT2D eigenvalue weighted by atomic mass is 9.83. The molecule has 0 bridgehead atoms. The summed E-state index contributed by atoms with van der Waals surface area (Å²) in [7, 11) is 0. The molecule has 1 aromatic heterocycles. The lowest BCUT2D eigenvalue weighted by Crippen LogP contribution is -2.23. The maximum atomic E-state index is 12.0. The molecular formula is C15H21NO3. The van der Waals surface area contributed by atoms with E-state index < -0.39 is 0 Å². The molecule has 0 radical (unpaired) electrons. The fraction of sp³-hybridized carbons (Fsp3) is 0.533. The van der Waals surface area contributed by atoms with Crippen molar-refractivity contribution in [3.63, 3.8) is 0 Å². The van der Waals surface area contributed by atoms with Crippen LogP contribution in [-0.4, -0.2) is 23.3 Å². The highest BCUT2D eigenvalue weighted by Crippen LogP contribution is 2.26. The third-order valence-electron chi connectivity index (χ3n) is 2.71. The van der Waals surface area contributed by atoms with E-state index in [4.69, 9.17) is 4.74 Å². The third kappa shape index (κ3) is 6.13. The predicted octanol–water partition coefficient (Wildman–Crippen LogP) is 2.56. The van der Waals surface area contributed by atoms with Crippen LogP contribution in [0.5, 0.6) is 0 Å². The molecule has 4 nitrogen and oxygen atoms in total. The van der Waals surface area contributed by atoms with Crippen LogP contribution in [0.1, 0.15) is 39.3 Å². The molecule has 0 saturated heterocycles. The van der Waals surface area contributed by atoms with Gasteiger partial charge in [0.2, 0.25) is 0 Å². The van der Waals surface area contributed by atoms with E-state index >= 15 is 0 Å². The van der Waals surface area contributed by atoms with Crippen LogP contribution in [0, 0.1) is 5.41 Å². The summed E-state index contributed by atoms with van der Waals surface area (Å²) in [4.78, 5) is 27.6. The molecule has 104 valence electrons. The van der Waals surface area contributed by atoms with E-state index in [1.54, 1.807) is 13.1 Å². The van der Waals surface area contributed by atoms with Gasteiger partial charge in [0.15, 0.2) is 0 Å². The van der Waals surface area contributed by atoms with Crippen LogP contribution in [0.3, 0.4) is 0 Å². The number of aromatic nitrogens is 1. The molecule has 1 aromatic rings. The van der Waals surface area contributed by atoms with E-state index in [0.717, 1.165) is 5.69 Å². The van der Waals surface area contributed by atoms with Gasteiger partial charge in [-0.15, -0.1) is 0 Å². The lowest BCUT2D eigenvalue weighted by Gasteiger charge is -2.22. The number of hydrogen-bond donors (Lipinski definition) is 0. The molecule has 0 aliphatic heterocycles. The van der Waals surface area contributed by atoms with Gasteiger partial charge in [-0.25, -0.2) is 0 Å². The topological polar surface area (TPSA) is 56.3 Å². The number of hydrogen-bond acceptors (Lipinski definition) is 4. The number of carbonyl (C=O) groups excluding carboxylic acids is 2. The van der Waals surface area contributed by atoms with Crippen LogP contribution in [0.4, 0.5) is 0 Å². The number of ether oxygens (including phenoxy) is 1. The van der Waals surface area contributed by atoms with Gasteiger partial charge >= 0.3 is 5.97 Å². The van der Waals surface area contributed by atoms with E-state index in [1.807, 2.05) is 32.0 Å². The molecular weight excluding hydrogens is 242 g/mol.